The second-order valence-electron chi connectivity index (χ2n) is 5.85. The van der Waals surface area contributed by atoms with E-state index in [1.165, 1.54) is 0 Å². The van der Waals surface area contributed by atoms with Crippen LogP contribution in [-0.4, -0.2) is 34.3 Å². The fourth-order valence-electron chi connectivity index (χ4n) is 2.50. The van der Waals surface area contributed by atoms with E-state index in [0.717, 1.165) is 23.1 Å². The summed E-state index contributed by atoms with van der Waals surface area (Å²) in [6.07, 6.45) is 1.13. The predicted molar refractivity (Wildman–Crippen MR) is 125 cm³/mol. The number of para-hydroxylation sites is 2. The Kier molecular flexibility index (Phi) is 10.1. The van der Waals surface area contributed by atoms with Crippen molar-refractivity contribution in [1.82, 2.24) is 10.6 Å². The number of aliphatic imine (C=N–C) groups is 1. The van der Waals surface area contributed by atoms with Crippen molar-refractivity contribution in [3.8, 4) is 5.75 Å². The van der Waals surface area contributed by atoms with Gasteiger partial charge in [0.1, 0.15) is 5.75 Å². The fourth-order valence-corrected chi connectivity index (χ4v) is 3.10. The number of benzene rings is 2. The number of hydrogen-bond acceptors (Lipinski definition) is 4. The molecule has 0 fully saturated rings. The highest BCUT2D eigenvalue weighted by atomic mass is 127. The van der Waals surface area contributed by atoms with Crippen LogP contribution in [0.3, 0.4) is 0 Å². The van der Waals surface area contributed by atoms with E-state index >= 15 is 0 Å². The number of rotatable bonds is 8. The summed E-state index contributed by atoms with van der Waals surface area (Å²) in [6.45, 7) is 3.53. The molecular formula is C19H27IN4O3S. The number of hydrogen-bond donors (Lipinski definition) is 3. The minimum absolute atomic E-state index is 0. The molecule has 7 nitrogen and oxygen atoms in total. The molecule has 0 unspecified atom stereocenters. The number of sulfonamides is 1. The zero-order valence-corrected chi connectivity index (χ0v) is 19.4. The van der Waals surface area contributed by atoms with Crippen LogP contribution in [0.4, 0.5) is 5.69 Å². The molecule has 0 atom stereocenters. The standard InChI is InChI=1S/C19H26N4O3S.HI/c1-4-26-18-12-8-6-10-16(18)14-22-19(20-2)21-13-15-9-5-7-11-17(15)23-27(3,24)25;/h5-12,23H,4,13-14H2,1-3H3,(H2,20,21,22);1H. The average molecular weight is 518 g/mol. The van der Waals surface area contributed by atoms with Crippen molar-refractivity contribution in [3.05, 3.63) is 59.7 Å². The lowest BCUT2D eigenvalue weighted by Crippen LogP contribution is -2.36. The van der Waals surface area contributed by atoms with Crippen LogP contribution in [0.25, 0.3) is 0 Å². The summed E-state index contributed by atoms with van der Waals surface area (Å²) in [4.78, 5) is 4.21. The Labute approximate surface area is 184 Å². The molecule has 0 saturated carbocycles. The van der Waals surface area contributed by atoms with Crippen molar-refractivity contribution in [2.24, 2.45) is 4.99 Å². The molecule has 28 heavy (non-hydrogen) atoms. The SMILES string of the molecule is CCOc1ccccc1CNC(=NC)NCc1ccccc1NS(C)(=O)=O.I. The van der Waals surface area contributed by atoms with Crippen LogP contribution in [-0.2, 0) is 23.1 Å². The van der Waals surface area contributed by atoms with Crippen molar-refractivity contribution >= 4 is 45.6 Å². The molecule has 0 radical (unpaired) electrons. The molecule has 0 heterocycles. The maximum Gasteiger partial charge on any atom is 0.229 e. The van der Waals surface area contributed by atoms with Crippen molar-refractivity contribution in [3.63, 3.8) is 0 Å². The molecule has 0 saturated heterocycles. The van der Waals surface area contributed by atoms with E-state index in [0.29, 0.717) is 31.3 Å². The van der Waals surface area contributed by atoms with E-state index in [4.69, 9.17) is 4.74 Å². The Morgan fingerprint density at radius 1 is 1.00 bits per heavy atom. The molecule has 0 aliphatic heterocycles. The molecule has 154 valence electrons. The van der Waals surface area contributed by atoms with E-state index in [-0.39, 0.29) is 24.0 Å². The minimum atomic E-state index is -3.34. The summed E-state index contributed by atoms with van der Waals surface area (Å²) >= 11 is 0. The monoisotopic (exact) mass is 518 g/mol. The molecule has 0 aliphatic rings. The van der Waals surface area contributed by atoms with Crippen LogP contribution in [0.15, 0.2) is 53.5 Å². The highest BCUT2D eigenvalue weighted by molar-refractivity contribution is 14.0. The Morgan fingerprint density at radius 2 is 1.57 bits per heavy atom. The van der Waals surface area contributed by atoms with E-state index in [1.807, 2.05) is 43.3 Å². The number of anilines is 1. The van der Waals surface area contributed by atoms with Crippen molar-refractivity contribution < 1.29 is 13.2 Å². The van der Waals surface area contributed by atoms with Crippen LogP contribution in [0.5, 0.6) is 5.75 Å². The summed E-state index contributed by atoms with van der Waals surface area (Å²) in [5.74, 6) is 1.45. The molecule has 2 aromatic carbocycles. The Hall–Kier alpha value is -2.01. The Balaban J connectivity index is 0.00000392. The second-order valence-corrected chi connectivity index (χ2v) is 7.60. The van der Waals surface area contributed by atoms with Gasteiger partial charge in [0.15, 0.2) is 5.96 Å². The van der Waals surface area contributed by atoms with Gasteiger partial charge >= 0.3 is 0 Å². The van der Waals surface area contributed by atoms with Crippen LogP contribution in [0, 0.1) is 0 Å². The average Bonchev–Trinajstić information content (AvgIpc) is 2.63. The number of ether oxygens (including phenoxy) is 1. The molecule has 2 rings (SSSR count). The van der Waals surface area contributed by atoms with Gasteiger partial charge in [0, 0.05) is 25.7 Å². The molecule has 0 spiro atoms. The first kappa shape index (κ1) is 24.0. The highest BCUT2D eigenvalue weighted by Gasteiger charge is 2.08. The molecule has 2 aromatic rings. The number of nitrogens with one attached hydrogen (secondary N) is 3. The third-order valence-electron chi connectivity index (χ3n) is 3.70. The first-order chi connectivity index (χ1) is 12.9. The van der Waals surface area contributed by atoms with Gasteiger partial charge in [0.05, 0.1) is 18.6 Å². The molecule has 0 amide bonds. The van der Waals surface area contributed by atoms with Crippen molar-refractivity contribution in [2.75, 3.05) is 24.6 Å². The van der Waals surface area contributed by atoms with Crippen LogP contribution in [0.2, 0.25) is 0 Å². The van der Waals surface area contributed by atoms with Gasteiger partial charge in [-0.2, -0.15) is 0 Å². The van der Waals surface area contributed by atoms with E-state index < -0.39 is 10.0 Å². The van der Waals surface area contributed by atoms with Gasteiger partial charge in [0.25, 0.3) is 0 Å². The summed E-state index contributed by atoms with van der Waals surface area (Å²) in [5.41, 5.74) is 2.40. The van der Waals surface area contributed by atoms with Crippen LogP contribution >= 0.6 is 24.0 Å². The fraction of sp³-hybridized carbons (Fsp3) is 0.316. The van der Waals surface area contributed by atoms with Gasteiger partial charge in [-0.1, -0.05) is 36.4 Å². The van der Waals surface area contributed by atoms with Crippen molar-refractivity contribution in [2.45, 2.75) is 20.0 Å². The highest BCUT2D eigenvalue weighted by Crippen LogP contribution is 2.18. The van der Waals surface area contributed by atoms with Gasteiger partial charge < -0.3 is 15.4 Å². The number of halogens is 1. The molecule has 0 aromatic heterocycles. The lowest BCUT2D eigenvalue weighted by atomic mass is 10.2. The minimum Gasteiger partial charge on any atom is -0.494 e. The largest absolute Gasteiger partial charge is 0.494 e. The van der Waals surface area contributed by atoms with Gasteiger partial charge in [-0.15, -0.1) is 24.0 Å². The summed E-state index contributed by atoms with van der Waals surface area (Å²) in [5, 5.41) is 6.44. The molecular weight excluding hydrogens is 491 g/mol. The van der Waals surface area contributed by atoms with Gasteiger partial charge in [-0.05, 0) is 24.6 Å². The summed E-state index contributed by atoms with van der Waals surface area (Å²) < 4.78 is 31.2. The van der Waals surface area contributed by atoms with Crippen LogP contribution in [0.1, 0.15) is 18.1 Å². The zero-order valence-electron chi connectivity index (χ0n) is 16.2. The summed E-state index contributed by atoms with van der Waals surface area (Å²) in [7, 11) is -1.65. The number of guanidine groups is 1. The molecule has 9 heteroatoms. The molecule has 0 aliphatic carbocycles. The van der Waals surface area contributed by atoms with Gasteiger partial charge in [-0.3, -0.25) is 9.71 Å². The van der Waals surface area contributed by atoms with Crippen LogP contribution < -0.4 is 20.1 Å². The topological polar surface area (TPSA) is 91.8 Å². The second kappa shape index (κ2) is 11.7. The first-order valence-corrected chi connectivity index (χ1v) is 10.5. The normalized spacial score (nSPS) is 11.3. The van der Waals surface area contributed by atoms with E-state index in [9.17, 15) is 8.42 Å². The smallest absolute Gasteiger partial charge is 0.229 e. The zero-order chi connectivity index (χ0) is 19.7. The maximum atomic E-state index is 11.5. The van der Waals surface area contributed by atoms with E-state index in [2.05, 4.69) is 20.3 Å². The van der Waals surface area contributed by atoms with E-state index in [1.54, 1.807) is 19.2 Å². The molecule has 3 N–H and O–H groups in total. The quantitative estimate of drug-likeness (QED) is 0.284. The Bertz CT molecular complexity index is 888. The third kappa shape index (κ3) is 7.93. The third-order valence-corrected chi connectivity index (χ3v) is 4.29. The first-order valence-electron chi connectivity index (χ1n) is 8.64. The Morgan fingerprint density at radius 3 is 2.18 bits per heavy atom. The maximum absolute atomic E-state index is 11.5. The lowest BCUT2D eigenvalue weighted by molar-refractivity contribution is 0.336. The molecule has 0 bridgehead atoms. The van der Waals surface area contributed by atoms with Crippen molar-refractivity contribution in [1.29, 1.82) is 0 Å². The number of nitrogens with zero attached hydrogens (tertiary/aromatic N) is 1. The van der Waals surface area contributed by atoms with Gasteiger partial charge in [0.2, 0.25) is 10.0 Å². The summed E-state index contributed by atoms with van der Waals surface area (Å²) in [6, 6.07) is 15.1. The lowest BCUT2D eigenvalue weighted by Gasteiger charge is -2.16. The van der Waals surface area contributed by atoms with Gasteiger partial charge in [-0.25, -0.2) is 8.42 Å². The predicted octanol–water partition coefficient (Wildman–Crippen LogP) is 2.94.